The molecule has 1 aromatic rings. The van der Waals surface area contributed by atoms with Gasteiger partial charge in [-0.05, 0) is 24.5 Å². The summed E-state index contributed by atoms with van der Waals surface area (Å²) in [6, 6.07) is 5.66. The molecule has 1 aliphatic rings. The van der Waals surface area contributed by atoms with Crippen LogP contribution in [0.5, 0.6) is 0 Å². The van der Waals surface area contributed by atoms with Gasteiger partial charge in [-0.15, -0.1) is 0 Å². The third kappa shape index (κ3) is 2.61. The Morgan fingerprint density at radius 2 is 2.31 bits per heavy atom. The van der Waals surface area contributed by atoms with Gasteiger partial charge in [-0.25, -0.2) is 4.98 Å². The first-order chi connectivity index (χ1) is 6.34. The van der Waals surface area contributed by atoms with Gasteiger partial charge in [-0.1, -0.05) is 18.9 Å². The van der Waals surface area contributed by atoms with E-state index in [9.17, 15) is 0 Å². The van der Waals surface area contributed by atoms with Gasteiger partial charge in [-0.2, -0.15) is 0 Å². The molecule has 70 valence electrons. The van der Waals surface area contributed by atoms with Crippen LogP contribution in [0.15, 0.2) is 18.2 Å². The van der Waals surface area contributed by atoms with E-state index in [1.807, 2.05) is 12.1 Å². The topological polar surface area (TPSA) is 50.9 Å². The largest absolute Gasteiger partial charge is 0.384 e. The predicted molar refractivity (Wildman–Crippen MR) is 54.5 cm³/mol. The Bertz CT molecular complexity index is 281. The first kappa shape index (κ1) is 8.35. The molecule has 0 radical (unpaired) electrons. The molecule has 0 amide bonds. The van der Waals surface area contributed by atoms with E-state index in [0.29, 0.717) is 5.82 Å². The monoisotopic (exact) mass is 177 g/mol. The number of hydrogen-bond donors (Lipinski definition) is 2. The van der Waals surface area contributed by atoms with Gasteiger partial charge in [0.25, 0.3) is 0 Å². The number of nitrogen functional groups attached to an aromatic ring is 1. The van der Waals surface area contributed by atoms with Gasteiger partial charge in [-0.3, -0.25) is 0 Å². The van der Waals surface area contributed by atoms with Crippen molar-refractivity contribution in [2.45, 2.75) is 19.3 Å². The highest BCUT2D eigenvalue weighted by Gasteiger charge is 2.20. The average molecular weight is 177 g/mol. The predicted octanol–water partition coefficient (Wildman–Crippen LogP) is 1.88. The number of rotatable bonds is 4. The van der Waals surface area contributed by atoms with Gasteiger partial charge in [0.05, 0.1) is 0 Å². The van der Waals surface area contributed by atoms with E-state index in [1.165, 1.54) is 19.3 Å². The third-order valence-corrected chi connectivity index (χ3v) is 2.33. The van der Waals surface area contributed by atoms with Crippen molar-refractivity contribution in [1.29, 1.82) is 0 Å². The Labute approximate surface area is 78.4 Å². The van der Waals surface area contributed by atoms with E-state index in [1.54, 1.807) is 6.07 Å². The molecule has 2 rings (SSSR count). The zero-order valence-corrected chi connectivity index (χ0v) is 7.66. The first-order valence-electron chi connectivity index (χ1n) is 4.81. The lowest BCUT2D eigenvalue weighted by atomic mass is 10.3. The molecule has 0 aliphatic heterocycles. The van der Waals surface area contributed by atoms with E-state index >= 15 is 0 Å². The van der Waals surface area contributed by atoms with Crippen LogP contribution in [-0.4, -0.2) is 11.5 Å². The van der Waals surface area contributed by atoms with Gasteiger partial charge >= 0.3 is 0 Å². The summed E-state index contributed by atoms with van der Waals surface area (Å²) >= 11 is 0. The van der Waals surface area contributed by atoms with Crippen molar-refractivity contribution >= 4 is 11.6 Å². The van der Waals surface area contributed by atoms with Crippen molar-refractivity contribution in [2.24, 2.45) is 5.92 Å². The number of pyridine rings is 1. The number of aromatic nitrogens is 1. The molecule has 1 heterocycles. The summed E-state index contributed by atoms with van der Waals surface area (Å²) in [5.41, 5.74) is 5.55. The van der Waals surface area contributed by atoms with Gasteiger partial charge < -0.3 is 11.1 Å². The Kier molecular flexibility index (Phi) is 2.34. The van der Waals surface area contributed by atoms with E-state index in [0.717, 1.165) is 18.3 Å². The molecular formula is C10H15N3. The quantitative estimate of drug-likeness (QED) is 0.738. The lowest BCUT2D eigenvalue weighted by Gasteiger charge is -2.04. The fraction of sp³-hybridized carbons (Fsp3) is 0.500. The fourth-order valence-electron chi connectivity index (χ4n) is 1.36. The Balaban J connectivity index is 1.79. The van der Waals surface area contributed by atoms with E-state index < -0.39 is 0 Å². The summed E-state index contributed by atoms with van der Waals surface area (Å²) in [7, 11) is 0. The summed E-state index contributed by atoms with van der Waals surface area (Å²) < 4.78 is 0. The fourth-order valence-corrected chi connectivity index (χ4v) is 1.36. The minimum Gasteiger partial charge on any atom is -0.384 e. The maximum atomic E-state index is 5.55. The molecule has 1 aromatic heterocycles. The Morgan fingerprint density at radius 1 is 1.46 bits per heavy atom. The molecule has 3 N–H and O–H groups in total. The molecule has 1 fully saturated rings. The summed E-state index contributed by atoms with van der Waals surface area (Å²) in [4.78, 5) is 4.16. The molecule has 0 atom stereocenters. The average Bonchev–Trinajstić information content (AvgIpc) is 2.88. The van der Waals surface area contributed by atoms with Crippen molar-refractivity contribution in [2.75, 3.05) is 17.6 Å². The molecule has 0 unspecified atom stereocenters. The molecule has 0 aromatic carbocycles. The smallest absolute Gasteiger partial charge is 0.128 e. The second-order valence-corrected chi connectivity index (χ2v) is 3.61. The Hall–Kier alpha value is -1.25. The number of nitrogens with two attached hydrogens (primary N) is 1. The first-order valence-corrected chi connectivity index (χ1v) is 4.81. The molecule has 1 saturated carbocycles. The molecule has 0 saturated heterocycles. The van der Waals surface area contributed by atoms with Gasteiger partial charge in [0.1, 0.15) is 11.6 Å². The van der Waals surface area contributed by atoms with Crippen molar-refractivity contribution in [3.05, 3.63) is 18.2 Å². The van der Waals surface area contributed by atoms with Gasteiger partial charge in [0.2, 0.25) is 0 Å². The van der Waals surface area contributed by atoms with Crippen molar-refractivity contribution in [1.82, 2.24) is 4.98 Å². The minimum atomic E-state index is 0.580. The van der Waals surface area contributed by atoms with Gasteiger partial charge in [0, 0.05) is 6.54 Å². The van der Waals surface area contributed by atoms with Crippen LogP contribution < -0.4 is 11.1 Å². The molecule has 0 spiro atoms. The number of nitrogens with one attached hydrogen (secondary N) is 1. The zero-order valence-electron chi connectivity index (χ0n) is 7.66. The van der Waals surface area contributed by atoms with Crippen LogP contribution in [0.2, 0.25) is 0 Å². The normalized spacial score (nSPS) is 15.7. The van der Waals surface area contributed by atoms with Crippen LogP contribution in [0.4, 0.5) is 11.6 Å². The number of nitrogens with zero attached hydrogens (tertiary/aromatic N) is 1. The third-order valence-electron chi connectivity index (χ3n) is 2.33. The van der Waals surface area contributed by atoms with E-state index in [2.05, 4.69) is 10.3 Å². The van der Waals surface area contributed by atoms with Crippen molar-refractivity contribution in [3.8, 4) is 0 Å². The van der Waals surface area contributed by atoms with E-state index in [-0.39, 0.29) is 0 Å². The molecule has 1 aliphatic carbocycles. The van der Waals surface area contributed by atoms with Crippen LogP contribution in [-0.2, 0) is 0 Å². The second kappa shape index (κ2) is 3.64. The van der Waals surface area contributed by atoms with Crippen molar-refractivity contribution in [3.63, 3.8) is 0 Å². The SMILES string of the molecule is Nc1cccc(NCCC2CC2)n1. The van der Waals surface area contributed by atoms with Crippen molar-refractivity contribution < 1.29 is 0 Å². The minimum absolute atomic E-state index is 0.580. The van der Waals surface area contributed by atoms with E-state index in [4.69, 9.17) is 5.73 Å². The molecule has 3 heteroatoms. The lowest BCUT2D eigenvalue weighted by molar-refractivity contribution is 0.758. The second-order valence-electron chi connectivity index (χ2n) is 3.61. The summed E-state index contributed by atoms with van der Waals surface area (Å²) in [5, 5.41) is 3.27. The zero-order chi connectivity index (χ0) is 9.10. The molecule has 0 bridgehead atoms. The summed E-state index contributed by atoms with van der Waals surface area (Å²) in [5.74, 6) is 2.44. The molecular weight excluding hydrogens is 162 g/mol. The Morgan fingerprint density at radius 3 is 3.00 bits per heavy atom. The molecule has 13 heavy (non-hydrogen) atoms. The number of hydrogen-bond acceptors (Lipinski definition) is 3. The van der Waals surface area contributed by atoms with Crippen LogP contribution in [0.25, 0.3) is 0 Å². The highest BCUT2D eigenvalue weighted by molar-refractivity contribution is 5.41. The number of anilines is 2. The standard InChI is InChI=1S/C10H15N3/c11-9-2-1-3-10(13-9)12-7-6-8-4-5-8/h1-3,8H,4-7H2,(H3,11,12,13). The maximum Gasteiger partial charge on any atom is 0.128 e. The van der Waals surface area contributed by atoms with Gasteiger partial charge in [0.15, 0.2) is 0 Å². The van der Waals surface area contributed by atoms with Crippen LogP contribution >= 0.6 is 0 Å². The maximum absolute atomic E-state index is 5.55. The molecule has 3 nitrogen and oxygen atoms in total. The van der Waals surface area contributed by atoms with Crippen LogP contribution in [0.1, 0.15) is 19.3 Å². The summed E-state index contributed by atoms with van der Waals surface area (Å²) in [6.45, 7) is 1.02. The van der Waals surface area contributed by atoms with Crippen LogP contribution in [0, 0.1) is 5.92 Å². The lowest BCUT2D eigenvalue weighted by Crippen LogP contribution is -2.04. The van der Waals surface area contributed by atoms with Crippen LogP contribution in [0.3, 0.4) is 0 Å². The highest BCUT2D eigenvalue weighted by Crippen LogP contribution is 2.31. The summed E-state index contributed by atoms with van der Waals surface area (Å²) in [6.07, 6.45) is 4.08. The highest BCUT2D eigenvalue weighted by atomic mass is 15.0.